The molecule has 0 spiro atoms. The first-order valence-electron chi connectivity index (χ1n) is 4.66. The zero-order chi connectivity index (χ0) is 12.8. The van der Waals surface area contributed by atoms with Crippen molar-refractivity contribution in [3.8, 4) is 11.8 Å². The number of nitrogens with zero attached hydrogens (tertiary/aromatic N) is 1. The first kappa shape index (κ1) is 12.5. The predicted molar refractivity (Wildman–Crippen MR) is 58.8 cm³/mol. The number of benzene rings is 1. The van der Waals surface area contributed by atoms with Gasteiger partial charge in [0.05, 0.1) is 13.2 Å². The fraction of sp³-hybridized carbons (Fsp3) is 0.182. The number of carboxylic acid groups (broad SMARTS) is 1. The zero-order valence-electron chi connectivity index (χ0n) is 9.06. The number of amides is 1. The van der Waals surface area contributed by atoms with Crippen molar-refractivity contribution >= 4 is 17.6 Å². The average Bonchev–Trinajstić information content (AvgIpc) is 2.29. The highest BCUT2D eigenvalue weighted by molar-refractivity contribution is 5.96. The summed E-state index contributed by atoms with van der Waals surface area (Å²) in [6, 6.07) is 5.91. The van der Waals surface area contributed by atoms with Crippen LogP contribution in [0.25, 0.3) is 0 Å². The molecule has 0 aromatic heterocycles. The number of anilines is 1. The second kappa shape index (κ2) is 5.51. The summed E-state index contributed by atoms with van der Waals surface area (Å²) in [5.41, 5.74) is 0.255. The summed E-state index contributed by atoms with van der Waals surface area (Å²) in [4.78, 5) is 22.0. The SMILES string of the molecule is COc1ccc(NC(=O)CC#N)cc1C(=O)O. The molecule has 1 aromatic carbocycles. The van der Waals surface area contributed by atoms with Crippen LogP contribution in [-0.2, 0) is 4.79 Å². The molecule has 0 bridgehead atoms. The highest BCUT2D eigenvalue weighted by Crippen LogP contribution is 2.22. The highest BCUT2D eigenvalue weighted by Gasteiger charge is 2.12. The summed E-state index contributed by atoms with van der Waals surface area (Å²) in [7, 11) is 1.36. The van der Waals surface area contributed by atoms with Gasteiger partial charge in [-0.1, -0.05) is 0 Å². The van der Waals surface area contributed by atoms with E-state index in [-0.39, 0.29) is 17.7 Å². The molecular weight excluding hydrogens is 224 g/mol. The predicted octanol–water partition coefficient (Wildman–Crippen LogP) is 1.25. The van der Waals surface area contributed by atoms with Crippen molar-refractivity contribution in [3.63, 3.8) is 0 Å². The largest absolute Gasteiger partial charge is 0.496 e. The van der Waals surface area contributed by atoms with Gasteiger partial charge in [0.1, 0.15) is 17.7 Å². The number of carboxylic acids is 1. The third-order valence-corrected chi connectivity index (χ3v) is 1.95. The Hall–Kier alpha value is -2.55. The molecule has 1 rings (SSSR count). The highest BCUT2D eigenvalue weighted by atomic mass is 16.5. The first-order valence-corrected chi connectivity index (χ1v) is 4.66. The van der Waals surface area contributed by atoms with Crippen LogP contribution in [0.4, 0.5) is 5.69 Å². The van der Waals surface area contributed by atoms with Gasteiger partial charge in [0.15, 0.2) is 0 Å². The van der Waals surface area contributed by atoms with Crippen LogP contribution in [0.3, 0.4) is 0 Å². The molecule has 0 unspecified atom stereocenters. The fourth-order valence-electron chi connectivity index (χ4n) is 1.23. The van der Waals surface area contributed by atoms with Crippen LogP contribution >= 0.6 is 0 Å². The van der Waals surface area contributed by atoms with Crippen LogP contribution in [-0.4, -0.2) is 24.1 Å². The van der Waals surface area contributed by atoms with Gasteiger partial charge in [0.2, 0.25) is 5.91 Å². The minimum atomic E-state index is -1.15. The summed E-state index contributed by atoms with van der Waals surface area (Å²) < 4.78 is 4.87. The van der Waals surface area contributed by atoms with Gasteiger partial charge in [-0.25, -0.2) is 4.79 Å². The smallest absolute Gasteiger partial charge is 0.339 e. The minimum Gasteiger partial charge on any atom is -0.496 e. The minimum absolute atomic E-state index is 0.0535. The van der Waals surface area contributed by atoms with Gasteiger partial charge in [0, 0.05) is 5.69 Å². The summed E-state index contributed by atoms with van der Waals surface area (Å²) in [5, 5.41) is 19.6. The van der Waals surface area contributed by atoms with Crippen LogP contribution < -0.4 is 10.1 Å². The molecule has 0 aliphatic carbocycles. The zero-order valence-corrected chi connectivity index (χ0v) is 9.06. The molecule has 0 saturated heterocycles. The van der Waals surface area contributed by atoms with Crippen LogP contribution in [0, 0.1) is 11.3 Å². The maximum Gasteiger partial charge on any atom is 0.339 e. The monoisotopic (exact) mass is 234 g/mol. The summed E-state index contributed by atoms with van der Waals surface area (Å²) >= 11 is 0. The molecule has 0 saturated carbocycles. The lowest BCUT2D eigenvalue weighted by Crippen LogP contribution is -2.11. The number of methoxy groups -OCH3 is 1. The molecule has 0 heterocycles. The summed E-state index contributed by atoms with van der Waals surface area (Å²) in [5.74, 6) is -1.44. The van der Waals surface area contributed by atoms with Gasteiger partial charge < -0.3 is 15.2 Å². The van der Waals surface area contributed by atoms with Crippen molar-refractivity contribution in [3.05, 3.63) is 23.8 Å². The van der Waals surface area contributed by atoms with Crippen LogP contribution in [0.5, 0.6) is 5.75 Å². The first-order chi connectivity index (χ1) is 8.08. The molecule has 88 valence electrons. The molecule has 0 atom stereocenters. The van der Waals surface area contributed by atoms with Crippen LogP contribution in [0.2, 0.25) is 0 Å². The van der Waals surface area contributed by atoms with Gasteiger partial charge in [-0.15, -0.1) is 0 Å². The van der Waals surface area contributed by atoms with Gasteiger partial charge in [-0.2, -0.15) is 5.26 Å². The van der Waals surface area contributed by atoms with Gasteiger partial charge in [0.25, 0.3) is 0 Å². The van der Waals surface area contributed by atoms with Crippen LogP contribution in [0.1, 0.15) is 16.8 Å². The summed E-state index contributed by atoms with van der Waals surface area (Å²) in [6.07, 6.45) is -0.283. The van der Waals surface area contributed by atoms with Gasteiger partial charge >= 0.3 is 5.97 Å². The molecule has 1 amide bonds. The number of hydrogen-bond acceptors (Lipinski definition) is 4. The van der Waals surface area contributed by atoms with E-state index in [2.05, 4.69) is 5.32 Å². The number of carbonyl (C=O) groups is 2. The Balaban J connectivity index is 2.97. The van der Waals surface area contributed by atoms with E-state index in [1.807, 2.05) is 0 Å². The lowest BCUT2D eigenvalue weighted by atomic mass is 10.1. The van der Waals surface area contributed by atoms with E-state index >= 15 is 0 Å². The molecule has 1 aromatic rings. The number of carbonyl (C=O) groups excluding carboxylic acids is 1. The molecule has 6 heteroatoms. The Morgan fingerprint density at radius 3 is 2.76 bits per heavy atom. The number of nitrogens with one attached hydrogen (secondary N) is 1. The molecule has 0 radical (unpaired) electrons. The molecule has 6 nitrogen and oxygen atoms in total. The molecular formula is C11H10N2O4. The topological polar surface area (TPSA) is 99.4 Å². The number of hydrogen-bond donors (Lipinski definition) is 2. The quantitative estimate of drug-likeness (QED) is 0.816. The lowest BCUT2D eigenvalue weighted by molar-refractivity contribution is -0.115. The molecule has 0 aliphatic rings. The third kappa shape index (κ3) is 3.21. The molecule has 0 fully saturated rings. The lowest BCUT2D eigenvalue weighted by Gasteiger charge is -2.08. The Kier molecular flexibility index (Phi) is 4.06. The van der Waals surface area contributed by atoms with E-state index in [1.165, 1.54) is 25.3 Å². The summed E-state index contributed by atoms with van der Waals surface area (Å²) in [6.45, 7) is 0. The number of rotatable bonds is 4. The molecule has 0 aliphatic heterocycles. The van der Waals surface area contributed by atoms with Crippen molar-refractivity contribution in [2.75, 3.05) is 12.4 Å². The van der Waals surface area contributed by atoms with E-state index in [0.29, 0.717) is 5.69 Å². The maximum absolute atomic E-state index is 11.1. The van der Waals surface area contributed by atoms with Crippen molar-refractivity contribution in [1.82, 2.24) is 0 Å². The van der Waals surface area contributed by atoms with Crippen molar-refractivity contribution in [2.24, 2.45) is 0 Å². The van der Waals surface area contributed by atoms with Crippen molar-refractivity contribution in [1.29, 1.82) is 5.26 Å². The van der Waals surface area contributed by atoms with E-state index in [9.17, 15) is 9.59 Å². The Labute approximate surface area is 97.4 Å². The second-order valence-corrected chi connectivity index (χ2v) is 3.10. The third-order valence-electron chi connectivity index (χ3n) is 1.95. The van der Waals surface area contributed by atoms with Crippen molar-refractivity contribution < 1.29 is 19.4 Å². The van der Waals surface area contributed by atoms with Crippen LogP contribution in [0.15, 0.2) is 18.2 Å². The molecule has 17 heavy (non-hydrogen) atoms. The Bertz CT molecular complexity index is 491. The molecule has 2 N–H and O–H groups in total. The Morgan fingerprint density at radius 2 is 2.24 bits per heavy atom. The Morgan fingerprint density at radius 1 is 1.53 bits per heavy atom. The van der Waals surface area contributed by atoms with Crippen molar-refractivity contribution in [2.45, 2.75) is 6.42 Å². The second-order valence-electron chi connectivity index (χ2n) is 3.10. The average molecular weight is 234 g/mol. The van der Waals surface area contributed by atoms with E-state index in [4.69, 9.17) is 15.1 Å². The number of ether oxygens (including phenoxy) is 1. The van der Waals surface area contributed by atoms with Gasteiger partial charge in [-0.05, 0) is 18.2 Å². The maximum atomic E-state index is 11.1. The van der Waals surface area contributed by atoms with E-state index < -0.39 is 11.9 Å². The fourth-order valence-corrected chi connectivity index (χ4v) is 1.23. The standard InChI is InChI=1S/C11H10N2O4/c1-17-9-3-2-7(6-8(9)11(15)16)13-10(14)4-5-12/h2-3,6H,4H2,1H3,(H,13,14)(H,15,16). The van der Waals surface area contributed by atoms with E-state index in [0.717, 1.165) is 0 Å². The number of aromatic carboxylic acids is 1. The van der Waals surface area contributed by atoms with Gasteiger partial charge in [-0.3, -0.25) is 4.79 Å². The normalized spacial score (nSPS) is 9.18. The number of nitriles is 1. The van der Waals surface area contributed by atoms with E-state index in [1.54, 1.807) is 6.07 Å².